The fourth-order valence-electron chi connectivity index (χ4n) is 2.70. The van der Waals surface area contributed by atoms with Gasteiger partial charge in [-0.1, -0.05) is 6.07 Å². The standard InChI is InChI=1S/C13H17N3O/c1-14-13(10-4-5-15-7-10)9-2-3-11-12(6-9)17-8-16-11/h2-3,6,8,10,13-15H,4-5,7H2,1H3. The molecule has 1 aromatic heterocycles. The van der Waals surface area contributed by atoms with Gasteiger partial charge in [-0.2, -0.15) is 0 Å². The predicted molar refractivity (Wildman–Crippen MR) is 66.8 cm³/mol. The Morgan fingerprint density at radius 1 is 1.53 bits per heavy atom. The number of nitrogens with one attached hydrogen (secondary N) is 2. The summed E-state index contributed by atoms with van der Waals surface area (Å²) >= 11 is 0. The van der Waals surface area contributed by atoms with Gasteiger partial charge >= 0.3 is 0 Å². The van der Waals surface area contributed by atoms with E-state index in [1.807, 2.05) is 13.1 Å². The van der Waals surface area contributed by atoms with E-state index in [2.05, 4.69) is 27.8 Å². The van der Waals surface area contributed by atoms with Gasteiger partial charge in [-0.05, 0) is 50.2 Å². The van der Waals surface area contributed by atoms with Gasteiger partial charge in [0, 0.05) is 6.04 Å². The number of hydrogen-bond acceptors (Lipinski definition) is 4. The first-order chi connectivity index (χ1) is 8.38. The van der Waals surface area contributed by atoms with Crippen LogP contribution in [0.5, 0.6) is 0 Å². The Morgan fingerprint density at radius 2 is 2.47 bits per heavy atom. The van der Waals surface area contributed by atoms with Gasteiger partial charge in [-0.3, -0.25) is 0 Å². The first-order valence-electron chi connectivity index (χ1n) is 6.09. The fourth-order valence-corrected chi connectivity index (χ4v) is 2.70. The van der Waals surface area contributed by atoms with Crippen molar-refractivity contribution in [1.82, 2.24) is 15.6 Å². The van der Waals surface area contributed by atoms with Crippen molar-refractivity contribution < 1.29 is 4.42 Å². The smallest absolute Gasteiger partial charge is 0.181 e. The van der Waals surface area contributed by atoms with E-state index in [1.54, 1.807) is 0 Å². The molecule has 17 heavy (non-hydrogen) atoms. The van der Waals surface area contributed by atoms with E-state index in [1.165, 1.54) is 18.4 Å². The third-order valence-electron chi connectivity index (χ3n) is 3.60. The Morgan fingerprint density at radius 3 is 3.24 bits per heavy atom. The zero-order valence-electron chi connectivity index (χ0n) is 9.94. The van der Waals surface area contributed by atoms with Gasteiger partial charge in [-0.15, -0.1) is 0 Å². The zero-order chi connectivity index (χ0) is 11.7. The summed E-state index contributed by atoms with van der Waals surface area (Å²) in [5.41, 5.74) is 3.08. The molecule has 3 rings (SSSR count). The molecule has 0 saturated carbocycles. The van der Waals surface area contributed by atoms with Crippen LogP contribution in [0.15, 0.2) is 29.0 Å². The Labute approximate surface area is 100 Å². The van der Waals surface area contributed by atoms with E-state index in [-0.39, 0.29) is 0 Å². The Balaban J connectivity index is 1.93. The fraction of sp³-hybridized carbons (Fsp3) is 0.462. The summed E-state index contributed by atoms with van der Waals surface area (Å²) in [6, 6.07) is 6.66. The molecule has 90 valence electrons. The van der Waals surface area contributed by atoms with Crippen LogP contribution in [0.25, 0.3) is 11.1 Å². The van der Waals surface area contributed by atoms with Crippen LogP contribution in [0.2, 0.25) is 0 Å². The second-order valence-electron chi connectivity index (χ2n) is 4.60. The average molecular weight is 231 g/mol. The van der Waals surface area contributed by atoms with Crippen molar-refractivity contribution in [2.75, 3.05) is 20.1 Å². The molecular formula is C13H17N3O. The summed E-state index contributed by atoms with van der Waals surface area (Å²) in [5.74, 6) is 0.653. The van der Waals surface area contributed by atoms with Crippen molar-refractivity contribution in [3.05, 3.63) is 30.2 Å². The van der Waals surface area contributed by atoms with Crippen LogP contribution in [0.3, 0.4) is 0 Å². The van der Waals surface area contributed by atoms with Crippen molar-refractivity contribution >= 4 is 11.1 Å². The van der Waals surface area contributed by atoms with Gasteiger partial charge in [0.05, 0.1) is 0 Å². The lowest BCUT2D eigenvalue weighted by atomic mass is 9.92. The number of aromatic nitrogens is 1. The van der Waals surface area contributed by atoms with Crippen molar-refractivity contribution in [1.29, 1.82) is 0 Å². The van der Waals surface area contributed by atoms with E-state index >= 15 is 0 Å². The average Bonchev–Trinajstić information content (AvgIpc) is 2.99. The van der Waals surface area contributed by atoms with Crippen LogP contribution < -0.4 is 10.6 Å². The molecule has 0 spiro atoms. The second-order valence-corrected chi connectivity index (χ2v) is 4.60. The molecule has 2 N–H and O–H groups in total. The maximum absolute atomic E-state index is 5.36. The molecule has 2 atom stereocenters. The van der Waals surface area contributed by atoms with Crippen LogP contribution in [0.4, 0.5) is 0 Å². The van der Waals surface area contributed by atoms with Crippen LogP contribution >= 0.6 is 0 Å². The van der Waals surface area contributed by atoms with Gasteiger partial charge in [0.25, 0.3) is 0 Å². The number of hydrogen-bond donors (Lipinski definition) is 2. The Bertz CT molecular complexity index is 502. The predicted octanol–water partition coefficient (Wildman–Crippen LogP) is 1.70. The van der Waals surface area contributed by atoms with E-state index in [0.29, 0.717) is 12.0 Å². The Kier molecular flexibility index (Phi) is 2.82. The first kappa shape index (κ1) is 10.7. The topological polar surface area (TPSA) is 50.1 Å². The highest BCUT2D eigenvalue weighted by Crippen LogP contribution is 2.28. The first-order valence-corrected chi connectivity index (χ1v) is 6.09. The van der Waals surface area contributed by atoms with Gasteiger partial charge in [-0.25, -0.2) is 4.98 Å². The van der Waals surface area contributed by atoms with Crippen molar-refractivity contribution in [2.45, 2.75) is 12.5 Å². The number of nitrogens with zero attached hydrogens (tertiary/aromatic N) is 1. The lowest BCUT2D eigenvalue weighted by molar-refractivity contribution is 0.410. The van der Waals surface area contributed by atoms with Crippen LogP contribution in [-0.2, 0) is 0 Å². The molecule has 4 nitrogen and oxygen atoms in total. The minimum atomic E-state index is 0.388. The van der Waals surface area contributed by atoms with E-state index < -0.39 is 0 Å². The monoisotopic (exact) mass is 231 g/mol. The molecule has 0 radical (unpaired) electrons. The van der Waals surface area contributed by atoms with Crippen molar-refractivity contribution in [2.24, 2.45) is 5.92 Å². The molecule has 0 aliphatic carbocycles. The van der Waals surface area contributed by atoms with Gasteiger partial charge in [0.1, 0.15) is 5.52 Å². The summed E-state index contributed by atoms with van der Waals surface area (Å²) in [6.45, 7) is 2.20. The third kappa shape index (κ3) is 1.94. The molecular weight excluding hydrogens is 214 g/mol. The summed E-state index contributed by atoms with van der Waals surface area (Å²) < 4.78 is 5.36. The number of oxazole rings is 1. The molecule has 4 heteroatoms. The van der Waals surface area contributed by atoms with Gasteiger partial charge in [0.15, 0.2) is 12.0 Å². The quantitative estimate of drug-likeness (QED) is 0.844. The lowest BCUT2D eigenvalue weighted by Crippen LogP contribution is -2.26. The highest BCUT2D eigenvalue weighted by Gasteiger charge is 2.25. The molecule has 2 unspecified atom stereocenters. The molecule has 1 aliphatic heterocycles. The summed E-state index contributed by atoms with van der Waals surface area (Å²) in [5, 5.41) is 6.83. The van der Waals surface area contributed by atoms with Crippen LogP contribution in [-0.4, -0.2) is 25.1 Å². The molecule has 0 amide bonds. The maximum atomic E-state index is 5.36. The van der Waals surface area contributed by atoms with Gasteiger partial charge < -0.3 is 15.1 Å². The number of fused-ring (bicyclic) bond motifs is 1. The molecule has 2 aromatic rings. The van der Waals surface area contributed by atoms with Gasteiger partial charge in [0.2, 0.25) is 0 Å². The summed E-state index contributed by atoms with van der Waals surface area (Å²) in [7, 11) is 2.02. The third-order valence-corrected chi connectivity index (χ3v) is 3.60. The van der Waals surface area contributed by atoms with E-state index in [0.717, 1.165) is 24.2 Å². The maximum Gasteiger partial charge on any atom is 0.181 e. The SMILES string of the molecule is CNC(c1ccc2ncoc2c1)C1CCNC1. The molecule has 1 saturated heterocycles. The minimum Gasteiger partial charge on any atom is -0.443 e. The molecule has 1 fully saturated rings. The summed E-state index contributed by atoms with van der Waals surface area (Å²) in [4.78, 5) is 4.14. The largest absolute Gasteiger partial charge is 0.443 e. The highest BCUT2D eigenvalue weighted by molar-refractivity contribution is 5.72. The second kappa shape index (κ2) is 4.47. The van der Waals surface area contributed by atoms with Crippen LogP contribution in [0.1, 0.15) is 18.0 Å². The van der Waals surface area contributed by atoms with Crippen LogP contribution in [0, 0.1) is 5.92 Å². The van der Waals surface area contributed by atoms with Crippen molar-refractivity contribution in [3.8, 4) is 0 Å². The lowest BCUT2D eigenvalue weighted by Gasteiger charge is -2.22. The van der Waals surface area contributed by atoms with E-state index in [9.17, 15) is 0 Å². The number of benzene rings is 1. The Hall–Kier alpha value is -1.39. The minimum absolute atomic E-state index is 0.388. The molecule has 1 aliphatic rings. The highest BCUT2D eigenvalue weighted by atomic mass is 16.3. The van der Waals surface area contributed by atoms with E-state index in [4.69, 9.17) is 4.42 Å². The van der Waals surface area contributed by atoms with Crippen molar-refractivity contribution in [3.63, 3.8) is 0 Å². The number of rotatable bonds is 3. The molecule has 0 bridgehead atoms. The molecule has 1 aromatic carbocycles. The summed E-state index contributed by atoms with van der Waals surface area (Å²) in [6.07, 6.45) is 2.72. The molecule has 2 heterocycles. The normalized spacial score (nSPS) is 22.1. The zero-order valence-corrected chi connectivity index (χ0v) is 9.94.